The van der Waals surface area contributed by atoms with E-state index in [1.807, 2.05) is 45.5 Å². The molecule has 4 nitrogen and oxygen atoms in total. The standard InChI is InChI=1S/C15H21N3O/c1-4-19-13-7-5-12(6-8-13)14(16-2)11-15-17-9-10-18(15)3/h5-10,14,16H,4,11H2,1-3H3. The van der Waals surface area contributed by atoms with Crippen LogP contribution in [0.5, 0.6) is 5.75 Å². The number of nitrogens with zero attached hydrogens (tertiary/aromatic N) is 2. The molecule has 1 aromatic heterocycles. The third kappa shape index (κ3) is 3.35. The van der Waals surface area contributed by atoms with Gasteiger partial charge in [0.1, 0.15) is 11.6 Å². The van der Waals surface area contributed by atoms with Crippen LogP contribution in [0.4, 0.5) is 0 Å². The molecule has 1 unspecified atom stereocenters. The van der Waals surface area contributed by atoms with Crippen LogP contribution in [0.25, 0.3) is 0 Å². The zero-order chi connectivity index (χ0) is 13.7. The first kappa shape index (κ1) is 13.6. The van der Waals surface area contributed by atoms with E-state index in [0.29, 0.717) is 6.61 Å². The van der Waals surface area contributed by atoms with Gasteiger partial charge in [-0.3, -0.25) is 0 Å². The normalized spacial score (nSPS) is 12.4. The second-order valence-corrected chi connectivity index (χ2v) is 4.50. The Morgan fingerprint density at radius 1 is 1.32 bits per heavy atom. The van der Waals surface area contributed by atoms with Gasteiger partial charge in [0.25, 0.3) is 0 Å². The number of aryl methyl sites for hydroxylation is 1. The summed E-state index contributed by atoms with van der Waals surface area (Å²) < 4.78 is 7.52. The molecule has 0 amide bonds. The minimum Gasteiger partial charge on any atom is -0.494 e. The van der Waals surface area contributed by atoms with Gasteiger partial charge in [0.15, 0.2) is 0 Å². The maximum Gasteiger partial charge on any atom is 0.119 e. The molecule has 0 bridgehead atoms. The van der Waals surface area contributed by atoms with Crippen molar-refractivity contribution in [1.29, 1.82) is 0 Å². The number of likely N-dealkylation sites (N-methyl/N-ethyl adjacent to an activating group) is 1. The van der Waals surface area contributed by atoms with E-state index in [9.17, 15) is 0 Å². The summed E-state index contributed by atoms with van der Waals surface area (Å²) in [6.07, 6.45) is 4.68. The van der Waals surface area contributed by atoms with E-state index in [-0.39, 0.29) is 6.04 Å². The summed E-state index contributed by atoms with van der Waals surface area (Å²) >= 11 is 0. The molecular weight excluding hydrogens is 238 g/mol. The van der Waals surface area contributed by atoms with Crippen LogP contribution in [-0.2, 0) is 13.5 Å². The molecule has 1 aromatic carbocycles. The van der Waals surface area contributed by atoms with Crippen molar-refractivity contribution in [3.63, 3.8) is 0 Å². The molecule has 0 spiro atoms. The lowest BCUT2D eigenvalue weighted by Gasteiger charge is -2.17. The molecule has 102 valence electrons. The highest BCUT2D eigenvalue weighted by Gasteiger charge is 2.12. The highest BCUT2D eigenvalue weighted by molar-refractivity contribution is 5.29. The Morgan fingerprint density at radius 2 is 2.05 bits per heavy atom. The maximum atomic E-state index is 5.46. The largest absolute Gasteiger partial charge is 0.494 e. The third-order valence-corrected chi connectivity index (χ3v) is 3.25. The number of benzene rings is 1. The van der Waals surface area contributed by atoms with E-state index >= 15 is 0 Å². The van der Waals surface area contributed by atoms with Crippen molar-refractivity contribution in [2.75, 3.05) is 13.7 Å². The Balaban J connectivity index is 2.11. The van der Waals surface area contributed by atoms with Crippen LogP contribution < -0.4 is 10.1 Å². The minimum atomic E-state index is 0.261. The van der Waals surface area contributed by atoms with E-state index in [1.54, 1.807) is 0 Å². The molecule has 1 heterocycles. The van der Waals surface area contributed by atoms with Crippen molar-refractivity contribution in [3.8, 4) is 5.75 Å². The van der Waals surface area contributed by atoms with Gasteiger partial charge in [-0.2, -0.15) is 0 Å². The van der Waals surface area contributed by atoms with E-state index in [2.05, 4.69) is 27.0 Å². The first-order valence-corrected chi connectivity index (χ1v) is 6.60. The predicted octanol–water partition coefficient (Wildman–Crippen LogP) is 2.32. The van der Waals surface area contributed by atoms with Crippen molar-refractivity contribution < 1.29 is 4.74 Å². The molecule has 2 rings (SSSR count). The summed E-state index contributed by atoms with van der Waals surface area (Å²) in [6, 6.07) is 8.50. The summed E-state index contributed by atoms with van der Waals surface area (Å²) in [4.78, 5) is 4.37. The van der Waals surface area contributed by atoms with Crippen LogP contribution in [0.3, 0.4) is 0 Å². The summed E-state index contributed by atoms with van der Waals surface area (Å²) in [5.74, 6) is 1.99. The van der Waals surface area contributed by atoms with Crippen LogP contribution in [0.15, 0.2) is 36.7 Å². The van der Waals surface area contributed by atoms with Crippen molar-refractivity contribution in [1.82, 2.24) is 14.9 Å². The summed E-state index contributed by atoms with van der Waals surface area (Å²) in [6.45, 7) is 2.69. The molecule has 0 fully saturated rings. The summed E-state index contributed by atoms with van der Waals surface area (Å²) in [5, 5.41) is 3.34. The Kier molecular flexibility index (Phi) is 4.58. The summed E-state index contributed by atoms with van der Waals surface area (Å²) in [7, 11) is 4.00. The highest BCUT2D eigenvalue weighted by atomic mass is 16.5. The van der Waals surface area contributed by atoms with Crippen molar-refractivity contribution in [2.24, 2.45) is 7.05 Å². The molecule has 0 aliphatic carbocycles. The van der Waals surface area contributed by atoms with Gasteiger partial charge < -0.3 is 14.6 Å². The van der Waals surface area contributed by atoms with Crippen LogP contribution in [-0.4, -0.2) is 23.2 Å². The molecule has 0 radical (unpaired) electrons. The van der Waals surface area contributed by atoms with Crippen LogP contribution in [0.1, 0.15) is 24.4 Å². The Morgan fingerprint density at radius 3 is 2.58 bits per heavy atom. The zero-order valence-electron chi connectivity index (χ0n) is 11.8. The Hall–Kier alpha value is -1.81. The second-order valence-electron chi connectivity index (χ2n) is 4.50. The maximum absolute atomic E-state index is 5.46. The zero-order valence-corrected chi connectivity index (χ0v) is 11.8. The summed E-state index contributed by atoms with van der Waals surface area (Å²) in [5.41, 5.74) is 1.24. The number of hydrogen-bond acceptors (Lipinski definition) is 3. The predicted molar refractivity (Wildman–Crippen MR) is 76.3 cm³/mol. The van der Waals surface area contributed by atoms with Gasteiger partial charge in [-0.05, 0) is 31.7 Å². The number of imidazole rings is 1. The number of nitrogens with one attached hydrogen (secondary N) is 1. The minimum absolute atomic E-state index is 0.261. The van der Waals surface area contributed by atoms with E-state index in [1.165, 1.54) is 5.56 Å². The van der Waals surface area contributed by atoms with E-state index in [0.717, 1.165) is 18.0 Å². The first-order chi connectivity index (χ1) is 9.24. The third-order valence-electron chi connectivity index (χ3n) is 3.25. The van der Waals surface area contributed by atoms with Gasteiger partial charge in [0, 0.05) is 31.9 Å². The van der Waals surface area contributed by atoms with E-state index in [4.69, 9.17) is 4.74 Å². The van der Waals surface area contributed by atoms with E-state index < -0.39 is 0 Å². The van der Waals surface area contributed by atoms with Gasteiger partial charge in [0.2, 0.25) is 0 Å². The van der Waals surface area contributed by atoms with Gasteiger partial charge in [-0.15, -0.1) is 0 Å². The Bertz CT molecular complexity index is 504. The first-order valence-electron chi connectivity index (χ1n) is 6.60. The molecule has 4 heteroatoms. The molecule has 19 heavy (non-hydrogen) atoms. The molecule has 0 aliphatic heterocycles. The molecule has 0 saturated carbocycles. The topological polar surface area (TPSA) is 39.1 Å². The number of aromatic nitrogens is 2. The van der Waals surface area contributed by atoms with Crippen molar-refractivity contribution >= 4 is 0 Å². The fraction of sp³-hybridized carbons (Fsp3) is 0.400. The highest BCUT2D eigenvalue weighted by Crippen LogP contribution is 2.20. The van der Waals surface area contributed by atoms with Gasteiger partial charge in [-0.1, -0.05) is 12.1 Å². The fourth-order valence-electron chi connectivity index (χ4n) is 2.13. The quantitative estimate of drug-likeness (QED) is 0.865. The average molecular weight is 259 g/mol. The van der Waals surface area contributed by atoms with Crippen LogP contribution in [0.2, 0.25) is 0 Å². The fourth-order valence-corrected chi connectivity index (χ4v) is 2.13. The SMILES string of the molecule is CCOc1ccc(C(Cc2nccn2C)NC)cc1. The van der Waals surface area contributed by atoms with Crippen molar-refractivity contribution in [3.05, 3.63) is 48.0 Å². The molecule has 2 aromatic rings. The number of hydrogen-bond donors (Lipinski definition) is 1. The Labute approximate surface area is 114 Å². The molecule has 1 N–H and O–H groups in total. The molecular formula is C15H21N3O. The number of rotatable bonds is 6. The lowest BCUT2D eigenvalue weighted by atomic mass is 10.0. The van der Waals surface area contributed by atoms with Gasteiger partial charge in [0.05, 0.1) is 6.61 Å². The monoisotopic (exact) mass is 259 g/mol. The smallest absolute Gasteiger partial charge is 0.119 e. The lowest BCUT2D eigenvalue weighted by Crippen LogP contribution is -2.20. The molecule has 1 atom stereocenters. The average Bonchev–Trinajstić information content (AvgIpc) is 2.83. The lowest BCUT2D eigenvalue weighted by molar-refractivity contribution is 0.340. The molecule has 0 aliphatic rings. The van der Waals surface area contributed by atoms with Crippen LogP contribution >= 0.6 is 0 Å². The molecule has 0 saturated heterocycles. The van der Waals surface area contributed by atoms with Gasteiger partial charge >= 0.3 is 0 Å². The van der Waals surface area contributed by atoms with Crippen LogP contribution in [0, 0.1) is 0 Å². The van der Waals surface area contributed by atoms with Crippen molar-refractivity contribution in [2.45, 2.75) is 19.4 Å². The number of ether oxygens (including phenoxy) is 1. The van der Waals surface area contributed by atoms with Gasteiger partial charge in [-0.25, -0.2) is 4.98 Å². The second kappa shape index (κ2) is 6.38.